The summed E-state index contributed by atoms with van der Waals surface area (Å²) in [7, 11) is 0. The molecule has 1 aliphatic carbocycles. The van der Waals surface area contributed by atoms with Gasteiger partial charge in [-0.05, 0) is 18.4 Å². The van der Waals surface area contributed by atoms with Crippen LogP contribution in [-0.4, -0.2) is 62.3 Å². The Bertz CT molecular complexity index is 613. The van der Waals surface area contributed by atoms with Crippen molar-refractivity contribution in [3.05, 3.63) is 35.9 Å². The minimum atomic E-state index is -0.240. The van der Waals surface area contributed by atoms with Crippen molar-refractivity contribution >= 4 is 11.9 Å². The summed E-state index contributed by atoms with van der Waals surface area (Å²) in [6, 6.07) is 9.96. The molecule has 1 heterocycles. The molecule has 1 aliphatic heterocycles. The smallest absolute Gasteiger partial charge is 0.315 e. The Morgan fingerprint density at radius 2 is 1.82 bits per heavy atom. The lowest BCUT2D eigenvalue weighted by atomic mass is 10.1. The minimum absolute atomic E-state index is 0.0140. The van der Waals surface area contributed by atoms with Gasteiger partial charge in [-0.15, -0.1) is 0 Å². The fraction of sp³-hybridized carbons (Fsp3) is 0.619. The Hall–Kier alpha value is -2.12. The molecule has 1 aromatic carbocycles. The summed E-state index contributed by atoms with van der Waals surface area (Å²) in [4.78, 5) is 26.7. The van der Waals surface area contributed by atoms with Gasteiger partial charge in [0.1, 0.15) is 0 Å². The average Bonchev–Trinajstić information content (AvgIpc) is 3.22. The van der Waals surface area contributed by atoms with Crippen molar-refractivity contribution in [1.29, 1.82) is 0 Å². The molecule has 2 aliphatic rings. The van der Waals surface area contributed by atoms with E-state index >= 15 is 0 Å². The molecule has 28 heavy (non-hydrogen) atoms. The predicted molar refractivity (Wildman–Crippen MR) is 108 cm³/mol. The van der Waals surface area contributed by atoms with Crippen LogP contribution in [0.3, 0.4) is 0 Å². The molecule has 3 N–H and O–H groups in total. The van der Waals surface area contributed by atoms with E-state index < -0.39 is 0 Å². The number of nitrogens with one attached hydrogen (secondary N) is 3. The van der Waals surface area contributed by atoms with Gasteiger partial charge in [-0.1, -0.05) is 43.2 Å². The summed E-state index contributed by atoms with van der Waals surface area (Å²) in [6.45, 7) is 4.27. The maximum atomic E-state index is 12.4. The van der Waals surface area contributed by atoms with Gasteiger partial charge in [0.2, 0.25) is 5.91 Å². The summed E-state index contributed by atoms with van der Waals surface area (Å²) >= 11 is 0. The van der Waals surface area contributed by atoms with Gasteiger partial charge in [-0.25, -0.2) is 4.79 Å². The van der Waals surface area contributed by atoms with E-state index in [2.05, 4.69) is 20.9 Å². The number of carbonyl (C=O) groups excluding carboxylic acids is 2. The molecule has 0 radical (unpaired) electrons. The van der Waals surface area contributed by atoms with Crippen molar-refractivity contribution in [2.45, 2.75) is 44.2 Å². The summed E-state index contributed by atoms with van der Waals surface area (Å²) in [5.41, 5.74) is 1.07. The van der Waals surface area contributed by atoms with Gasteiger partial charge in [-0.2, -0.15) is 0 Å². The van der Waals surface area contributed by atoms with Crippen molar-refractivity contribution in [3.63, 3.8) is 0 Å². The number of ether oxygens (including phenoxy) is 1. The van der Waals surface area contributed by atoms with Crippen molar-refractivity contribution in [2.24, 2.45) is 0 Å². The third kappa shape index (κ3) is 6.80. The van der Waals surface area contributed by atoms with Crippen LogP contribution in [0, 0.1) is 0 Å². The van der Waals surface area contributed by atoms with Crippen LogP contribution in [0.25, 0.3) is 0 Å². The topological polar surface area (TPSA) is 82.7 Å². The molecular formula is C21H32N4O3. The lowest BCUT2D eigenvalue weighted by molar-refractivity contribution is -0.121. The van der Waals surface area contributed by atoms with Gasteiger partial charge in [0.25, 0.3) is 0 Å². The van der Waals surface area contributed by atoms with Crippen molar-refractivity contribution < 1.29 is 14.3 Å². The van der Waals surface area contributed by atoms with E-state index in [1.54, 1.807) is 0 Å². The van der Waals surface area contributed by atoms with Crippen LogP contribution in [-0.2, 0) is 9.53 Å². The SMILES string of the molecule is O=C(CCNC(=O)NC(CN1CCOCC1)c1ccccc1)NC1CCCC1. The maximum absolute atomic E-state index is 12.4. The molecule has 7 nitrogen and oxygen atoms in total. The van der Waals surface area contributed by atoms with Crippen LogP contribution in [0.1, 0.15) is 43.7 Å². The molecule has 3 amide bonds. The van der Waals surface area contributed by atoms with Crippen LogP contribution in [0.5, 0.6) is 0 Å². The first-order chi connectivity index (χ1) is 13.7. The van der Waals surface area contributed by atoms with E-state index in [1.807, 2.05) is 30.3 Å². The minimum Gasteiger partial charge on any atom is -0.379 e. The number of amides is 3. The fourth-order valence-corrected chi connectivity index (χ4v) is 3.83. The van der Waals surface area contributed by atoms with E-state index in [4.69, 9.17) is 4.74 Å². The van der Waals surface area contributed by atoms with Crippen LogP contribution in [0.2, 0.25) is 0 Å². The average molecular weight is 389 g/mol. The number of benzene rings is 1. The zero-order valence-electron chi connectivity index (χ0n) is 16.5. The quantitative estimate of drug-likeness (QED) is 0.634. The third-order valence-electron chi connectivity index (χ3n) is 5.41. The van der Waals surface area contributed by atoms with E-state index in [0.29, 0.717) is 19.0 Å². The number of hydrogen-bond acceptors (Lipinski definition) is 4. The molecule has 1 atom stereocenters. The van der Waals surface area contributed by atoms with Crippen LogP contribution >= 0.6 is 0 Å². The van der Waals surface area contributed by atoms with Gasteiger partial charge < -0.3 is 20.7 Å². The van der Waals surface area contributed by atoms with E-state index in [0.717, 1.165) is 51.3 Å². The summed E-state index contributed by atoms with van der Waals surface area (Å²) in [5, 5.41) is 8.93. The number of urea groups is 1. The number of nitrogens with zero attached hydrogens (tertiary/aromatic N) is 1. The number of rotatable bonds is 8. The molecule has 2 fully saturated rings. The largest absolute Gasteiger partial charge is 0.379 e. The second-order valence-electron chi connectivity index (χ2n) is 7.58. The summed E-state index contributed by atoms with van der Waals surface area (Å²) in [6.07, 6.45) is 4.83. The summed E-state index contributed by atoms with van der Waals surface area (Å²) < 4.78 is 5.41. The molecule has 3 rings (SSSR count). The van der Waals surface area contributed by atoms with Crippen LogP contribution in [0.15, 0.2) is 30.3 Å². The van der Waals surface area contributed by atoms with Crippen molar-refractivity contribution in [2.75, 3.05) is 39.4 Å². The molecule has 154 valence electrons. The number of carbonyl (C=O) groups is 2. The molecule has 7 heteroatoms. The molecule has 1 saturated heterocycles. The Balaban J connectivity index is 1.44. The molecule has 1 saturated carbocycles. The molecule has 0 aromatic heterocycles. The number of morpholine rings is 1. The highest BCUT2D eigenvalue weighted by molar-refractivity contribution is 5.78. The Labute approximate surface area is 167 Å². The van der Waals surface area contributed by atoms with Crippen LogP contribution < -0.4 is 16.0 Å². The second-order valence-corrected chi connectivity index (χ2v) is 7.58. The first-order valence-electron chi connectivity index (χ1n) is 10.4. The van der Waals surface area contributed by atoms with Crippen molar-refractivity contribution in [3.8, 4) is 0 Å². The zero-order chi connectivity index (χ0) is 19.6. The normalized spacial score (nSPS) is 19.1. The lowest BCUT2D eigenvalue weighted by Crippen LogP contribution is -2.46. The predicted octanol–water partition coefficient (Wildman–Crippen LogP) is 1.81. The Kier molecular flexibility index (Phi) is 8.11. The maximum Gasteiger partial charge on any atom is 0.315 e. The van der Waals surface area contributed by atoms with Crippen LogP contribution in [0.4, 0.5) is 4.79 Å². The molecule has 1 unspecified atom stereocenters. The molecular weight excluding hydrogens is 356 g/mol. The Morgan fingerprint density at radius 3 is 2.54 bits per heavy atom. The van der Waals surface area contributed by atoms with Gasteiger partial charge in [0.15, 0.2) is 0 Å². The Morgan fingerprint density at radius 1 is 1.11 bits per heavy atom. The fourth-order valence-electron chi connectivity index (χ4n) is 3.83. The van der Waals surface area contributed by atoms with Gasteiger partial charge in [0.05, 0.1) is 19.3 Å². The highest BCUT2D eigenvalue weighted by Gasteiger charge is 2.20. The van der Waals surface area contributed by atoms with Gasteiger partial charge in [-0.3, -0.25) is 9.69 Å². The first-order valence-corrected chi connectivity index (χ1v) is 10.4. The zero-order valence-corrected chi connectivity index (χ0v) is 16.5. The standard InChI is InChI=1S/C21H32N4O3/c26-20(23-18-8-4-5-9-18)10-11-22-21(27)24-19(17-6-2-1-3-7-17)16-25-12-14-28-15-13-25/h1-3,6-7,18-19H,4-5,8-16H2,(H,23,26)(H2,22,24,27). The number of hydrogen-bond donors (Lipinski definition) is 3. The van der Waals surface area contributed by atoms with E-state index in [-0.39, 0.29) is 18.0 Å². The third-order valence-corrected chi connectivity index (χ3v) is 5.41. The first kappa shape index (κ1) is 20.6. The van der Waals surface area contributed by atoms with Gasteiger partial charge in [0, 0.05) is 38.6 Å². The summed E-state index contributed by atoms with van der Waals surface area (Å²) in [5.74, 6) is 0.0140. The highest BCUT2D eigenvalue weighted by Crippen LogP contribution is 2.17. The lowest BCUT2D eigenvalue weighted by Gasteiger charge is -2.31. The van der Waals surface area contributed by atoms with Gasteiger partial charge >= 0.3 is 6.03 Å². The van der Waals surface area contributed by atoms with E-state index in [1.165, 1.54) is 12.8 Å². The van der Waals surface area contributed by atoms with E-state index in [9.17, 15) is 9.59 Å². The molecule has 0 bridgehead atoms. The monoisotopic (exact) mass is 388 g/mol. The molecule has 1 aromatic rings. The second kappa shape index (κ2) is 11.0. The van der Waals surface area contributed by atoms with Crippen molar-refractivity contribution in [1.82, 2.24) is 20.9 Å². The molecule has 0 spiro atoms. The highest BCUT2D eigenvalue weighted by atomic mass is 16.5.